The molecule has 16 heavy (non-hydrogen) atoms. The summed E-state index contributed by atoms with van der Waals surface area (Å²) in [5.74, 6) is 0.570. The van der Waals surface area contributed by atoms with Crippen LogP contribution in [0.1, 0.15) is 4.88 Å². The van der Waals surface area contributed by atoms with Gasteiger partial charge in [-0.1, -0.05) is 0 Å². The Labute approximate surface area is 95.7 Å². The summed E-state index contributed by atoms with van der Waals surface area (Å²) in [6.45, 7) is 1.96. The Morgan fingerprint density at radius 3 is 3.00 bits per heavy atom. The molecule has 0 bridgehead atoms. The normalized spacial score (nSPS) is 11.1. The average molecular weight is 231 g/mol. The van der Waals surface area contributed by atoms with Crippen LogP contribution >= 0.6 is 11.3 Å². The molecule has 3 aromatic heterocycles. The van der Waals surface area contributed by atoms with Gasteiger partial charge in [0.2, 0.25) is 5.89 Å². The van der Waals surface area contributed by atoms with Crippen molar-refractivity contribution in [1.29, 1.82) is 0 Å². The topological polar surface area (TPSA) is 64.9 Å². The summed E-state index contributed by atoms with van der Waals surface area (Å²) in [6.07, 6.45) is 3.44. The fourth-order valence-corrected chi connectivity index (χ4v) is 2.38. The van der Waals surface area contributed by atoms with Crippen molar-refractivity contribution in [2.24, 2.45) is 0 Å². The van der Waals surface area contributed by atoms with Crippen LogP contribution in [0.2, 0.25) is 0 Å². The second-order valence-electron chi connectivity index (χ2n) is 3.47. The van der Waals surface area contributed by atoms with Crippen molar-refractivity contribution >= 4 is 27.4 Å². The summed E-state index contributed by atoms with van der Waals surface area (Å²) in [5, 5.41) is 0. The number of oxazole rings is 1. The molecule has 0 unspecified atom stereocenters. The van der Waals surface area contributed by atoms with Gasteiger partial charge in [0.1, 0.15) is 0 Å². The third-order valence-corrected chi connectivity index (χ3v) is 3.37. The summed E-state index contributed by atoms with van der Waals surface area (Å²) < 4.78 is 5.64. The number of hydrogen-bond donors (Lipinski definition) is 1. The van der Waals surface area contributed by atoms with Crippen LogP contribution in [-0.2, 0) is 0 Å². The van der Waals surface area contributed by atoms with E-state index in [2.05, 4.69) is 9.97 Å². The fourth-order valence-electron chi connectivity index (χ4n) is 1.52. The molecule has 3 aromatic rings. The summed E-state index contributed by atoms with van der Waals surface area (Å²) in [6, 6.07) is 3.76. The first-order valence-electron chi connectivity index (χ1n) is 4.81. The van der Waals surface area contributed by atoms with E-state index in [4.69, 9.17) is 10.2 Å². The number of nitrogens with two attached hydrogens (primary N) is 1. The number of anilines is 1. The molecule has 0 radical (unpaired) electrons. The van der Waals surface area contributed by atoms with E-state index in [1.165, 1.54) is 0 Å². The maximum atomic E-state index is 5.89. The largest absolute Gasteiger partial charge is 0.433 e. The third-order valence-electron chi connectivity index (χ3n) is 2.38. The van der Waals surface area contributed by atoms with Crippen LogP contribution in [0.3, 0.4) is 0 Å². The molecule has 4 nitrogen and oxygen atoms in total. The van der Waals surface area contributed by atoms with Gasteiger partial charge in [0.05, 0.1) is 11.3 Å². The molecular formula is C11H9N3OS. The van der Waals surface area contributed by atoms with Gasteiger partial charge in [0.15, 0.2) is 10.4 Å². The molecule has 0 aliphatic rings. The smallest absolute Gasteiger partial charge is 0.229 e. The van der Waals surface area contributed by atoms with E-state index in [0.29, 0.717) is 17.2 Å². The van der Waals surface area contributed by atoms with Crippen LogP contribution in [0.5, 0.6) is 0 Å². The van der Waals surface area contributed by atoms with E-state index >= 15 is 0 Å². The zero-order valence-corrected chi connectivity index (χ0v) is 9.41. The molecule has 0 aromatic carbocycles. The average Bonchev–Trinajstić information content (AvgIpc) is 2.82. The number of thiophene rings is 1. The fraction of sp³-hybridized carbons (Fsp3) is 0.0909. The number of hydrogen-bond acceptors (Lipinski definition) is 5. The zero-order chi connectivity index (χ0) is 11.1. The monoisotopic (exact) mass is 231 g/mol. The number of rotatable bonds is 1. The SMILES string of the molecule is Cc1sc2nc(-c3cccnc3)oc2c1N. The van der Waals surface area contributed by atoms with Crippen LogP contribution in [-0.4, -0.2) is 9.97 Å². The molecule has 0 fully saturated rings. The van der Waals surface area contributed by atoms with E-state index in [1.54, 1.807) is 23.7 Å². The second kappa shape index (κ2) is 3.31. The summed E-state index contributed by atoms with van der Waals surface area (Å²) in [4.78, 5) is 10.3. The number of pyridine rings is 1. The molecule has 0 spiro atoms. The molecule has 0 atom stereocenters. The van der Waals surface area contributed by atoms with Gasteiger partial charge in [0.25, 0.3) is 0 Å². The highest BCUT2D eigenvalue weighted by atomic mass is 32.1. The van der Waals surface area contributed by atoms with Crippen LogP contribution in [0.25, 0.3) is 21.9 Å². The van der Waals surface area contributed by atoms with Gasteiger partial charge in [0, 0.05) is 17.3 Å². The predicted octanol–water partition coefficient (Wildman–Crippen LogP) is 2.84. The molecule has 0 saturated carbocycles. The molecule has 0 saturated heterocycles. The van der Waals surface area contributed by atoms with Crippen molar-refractivity contribution in [2.75, 3.05) is 5.73 Å². The minimum atomic E-state index is 0.570. The van der Waals surface area contributed by atoms with Crippen molar-refractivity contribution in [3.8, 4) is 11.5 Å². The molecule has 2 N–H and O–H groups in total. The Balaban J connectivity index is 2.20. The van der Waals surface area contributed by atoms with Gasteiger partial charge in [-0.3, -0.25) is 4.98 Å². The Hall–Kier alpha value is -1.88. The number of aryl methyl sites for hydroxylation is 1. The molecule has 0 aliphatic heterocycles. The van der Waals surface area contributed by atoms with E-state index < -0.39 is 0 Å². The van der Waals surface area contributed by atoms with E-state index in [1.807, 2.05) is 19.1 Å². The van der Waals surface area contributed by atoms with Crippen LogP contribution < -0.4 is 5.73 Å². The summed E-state index contributed by atoms with van der Waals surface area (Å²) in [5.41, 5.74) is 8.12. The molecule has 3 rings (SSSR count). The van der Waals surface area contributed by atoms with Crippen molar-refractivity contribution in [3.63, 3.8) is 0 Å². The van der Waals surface area contributed by atoms with Crippen LogP contribution in [0.4, 0.5) is 5.69 Å². The van der Waals surface area contributed by atoms with E-state index in [9.17, 15) is 0 Å². The van der Waals surface area contributed by atoms with Crippen molar-refractivity contribution in [2.45, 2.75) is 6.92 Å². The lowest BCUT2D eigenvalue weighted by atomic mass is 10.3. The lowest BCUT2D eigenvalue weighted by molar-refractivity contribution is 0.621. The number of aromatic nitrogens is 2. The van der Waals surface area contributed by atoms with Crippen molar-refractivity contribution in [1.82, 2.24) is 9.97 Å². The van der Waals surface area contributed by atoms with Crippen molar-refractivity contribution < 1.29 is 4.42 Å². The molecule has 0 amide bonds. The molecule has 5 heteroatoms. The maximum Gasteiger partial charge on any atom is 0.229 e. The Morgan fingerprint density at radius 1 is 1.44 bits per heavy atom. The van der Waals surface area contributed by atoms with Gasteiger partial charge in [-0.25, -0.2) is 0 Å². The predicted molar refractivity (Wildman–Crippen MR) is 64.3 cm³/mol. The Bertz CT molecular complexity index is 642. The van der Waals surface area contributed by atoms with Crippen molar-refractivity contribution in [3.05, 3.63) is 29.4 Å². The molecule has 3 heterocycles. The zero-order valence-electron chi connectivity index (χ0n) is 8.60. The summed E-state index contributed by atoms with van der Waals surface area (Å²) in [7, 11) is 0. The first kappa shape index (κ1) is 9.35. The first-order valence-corrected chi connectivity index (χ1v) is 5.63. The van der Waals surface area contributed by atoms with Gasteiger partial charge in [-0.2, -0.15) is 4.98 Å². The number of nitrogen functional groups attached to an aromatic ring is 1. The molecule has 0 aliphatic carbocycles. The van der Waals surface area contributed by atoms with Gasteiger partial charge < -0.3 is 10.2 Å². The van der Waals surface area contributed by atoms with Gasteiger partial charge in [-0.15, -0.1) is 11.3 Å². The highest BCUT2D eigenvalue weighted by Gasteiger charge is 2.14. The third kappa shape index (κ3) is 1.29. The molecular weight excluding hydrogens is 222 g/mol. The maximum absolute atomic E-state index is 5.89. The number of nitrogens with zero attached hydrogens (tertiary/aromatic N) is 2. The van der Waals surface area contributed by atoms with E-state index in [0.717, 1.165) is 15.3 Å². The quantitative estimate of drug-likeness (QED) is 0.699. The first-order chi connectivity index (χ1) is 7.75. The van der Waals surface area contributed by atoms with Gasteiger partial charge in [-0.05, 0) is 19.1 Å². The standard InChI is InChI=1S/C11H9N3OS/c1-6-8(12)9-11(16-6)14-10(15-9)7-3-2-4-13-5-7/h2-5H,12H2,1H3. The van der Waals surface area contributed by atoms with Gasteiger partial charge >= 0.3 is 0 Å². The van der Waals surface area contributed by atoms with Crippen LogP contribution in [0, 0.1) is 6.92 Å². The second-order valence-corrected chi connectivity index (χ2v) is 4.67. The Kier molecular flexibility index (Phi) is 1.94. The van der Waals surface area contributed by atoms with Crippen LogP contribution in [0.15, 0.2) is 28.9 Å². The number of fused-ring (bicyclic) bond motifs is 1. The minimum absolute atomic E-state index is 0.570. The highest BCUT2D eigenvalue weighted by molar-refractivity contribution is 7.19. The van der Waals surface area contributed by atoms with E-state index in [-0.39, 0.29) is 0 Å². The lowest BCUT2D eigenvalue weighted by Gasteiger charge is -1.92. The summed E-state index contributed by atoms with van der Waals surface area (Å²) >= 11 is 1.54. The minimum Gasteiger partial charge on any atom is -0.433 e. The Morgan fingerprint density at radius 2 is 2.31 bits per heavy atom. The lowest BCUT2D eigenvalue weighted by Crippen LogP contribution is -1.82. The molecule has 80 valence electrons. The highest BCUT2D eigenvalue weighted by Crippen LogP contribution is 2.35.